The SMILES string of the molecule is O=C(O)C1Cc2ccccc2CN1C(=O)OCc1ccccc1. The molecule has 1 aliphatic rings. The Balaban J connectivity index is 1.74. The maximum Gasteiger partial charge on any atom is 0.411 e. The zero-order valence-corrected chi connectivity index (χ0v) is 12.5. The lowest BCUT2D eigenvalue weighted by Crippen LogP contribution is -2.48. The van der Waals surface area contributed by atoms with E-state index in [0.29, 0.717) is 6.42 Å². The van der Waals surface area contributed by atoms with Crippen LogP contribution in [0, 0.1) is 0 Å². The number of nitrogens with zero attached hydrogens (tertiary/aromatic N) is 1. The molecular formula is C18H17NO4. The summed E-state index contributed by atoms with van der Waals surface area (Å²) in [6, 6.07) is 16.0. The van der Waals surface area contributed by atoms with Crippen molar-refractivity contribution in [1.82, 2.24) is 4.90 Å². The molecule has 0 fully saturated rings. The van der Waals surface area contributed by atoms with Crippen LogP contribution >= 0.6 is 0 Å². The fraction of sp³-hybridized carbons (Fsp3) is 0.222. The van der Waals surface area contributed by atoms with Gasteiger partial charge in [-0.25, -0.2) is 9.59 Å². The minimum atomic E-state index is -1.02. The van der Waals surface area contributed by atoms with Gasteiger partial charge < -0.3 is 9.84 Å². The van der Waals surface area contributed by atoms with Crippen molar-refractivity contribution >= 4 is 12.1 Å². The molecule has 0 aromatic heterocycles. The molecule has 0 aliphatic carbocycles. The molecule has 0 radical (unpaired) electrons. The quantitative estimate of drug-likeness (QED) is 0.946. The Bertz CT molecular complexity index is 714. The number of benzene rings is 2. The van der Waals surface area contributed by atoms with E-state index >= 15 is 0 Å². The first-order valence-corrected chi connectivity index (χ1v) is 7.42. The molecule has 5 nitrogen and oxygen atoms in total. The van der Waals surface area contributed by atoms with Gasteiger partial charge >= 0.3 is 12.1 Å². The first kappa shape index (κ1) is 15.1. The fourth-order valence-electron chi connectivity index (χ4n) is 2.74. The Morgan fingerprint density at radius 2 is 1.70 bits per heavy atom. The Hall–Kier alpha value is -2.82. The molecule has 3 rings (SSSR count). The molecule has 5 heteroatoms. The molecule has 1 heterocycles. The Labute approximate surface area is 134 Å². The number of aliphatic carboxylic acids is 1. The first-order chi connectivity index (χ1) is 11.1. The van der Waals surface area contributed by atoms with Crippen molar-refractivity contribution in [2.75, 3.05) is 0 Å². The third-order valence-corrected chi connectivity index (χ3v) is 3.97. The predicted octanol–water partition coefficient (Wildman–Crippen LogP) is 2.83. The van der Waals surface area contributed by atoms with E-state index in [4.69, 9.17) is 4.74 Å². The van der Waals surface area contributed by atoms with Gasteiger partial charge in [0.25, 0.3) is 0 Å². The average Bonchev–Trinajstić information content (AvgIpc) is 2.59. The first-order valence-electron chi connectivity index (χ1n) is 7.42. The minimum absolute atomic E-state index is 0.129. The van der Waals surface area contributed by atoms with Gasteiger partial charge in [0, 0.05) is 6.42 Å². The number of amides is 1. The summed E-state index contributed by atoms with van der Waals surface area (Å²) in [7, 11) is 0. The van der Waals surface area contributed by atoms with Crippen molar-refractivity contribution < 1.29 is 19.4 Å². The van der Waals surface area contributed by atoms with E-state index in [-0.39, 0.29) is 13.2 Å². The summed E-state index contributed by atoms with van der Waals surface area (Å²) in [5, 5.41) is 9.42. The van der Waals surface area contributed by atoms with Gasteiger partial charge in [0.1, 0.15) is 12.6 Å². The topological polar surface area (TPSA) is 66.8 Å². The molecule has 1 N–H and O–H groups in total. The Morgan fingerprint density at radius 3 is 2.39 bits per heavy atom. The highest BCUT2D eigenvalue weighted by atomic mass is 16.6. The van der Waals surface area contributed by atoms with Crippen LogP contribution in [-0.2, 0) is 29.1 Å². The number of rotatable bonds is 3. The third-order valence-electron chi connectivity index (χ3n) is 3.97. The Kier molecular flexibility index (Phi) is 4.28. The van der Waals surface area contributed by atoms with Gasteiger partial charge in [-0.1, -0.05) is 54.6 Å². The highest BCUT2D eigenvalue weighted by Gasteiger charge is 2.35. The van der Waals surface area contributed by atoms with Gasteiger partial charge in [0.05, 0.1) is 6.54 Å². The number of fused-ring (bicyclic) bond motifs is 1. The van der Waals surface area contributed by atoms with E-state index in [1.807, 2.05) is 54.6 Å². The number of ether oxygens (including phenoxy) is 1. The van der Waals surface area contributed by atoms with Gasteiger partial charge in [-0.3, -0.25) is 4.90 Å². The maximum atomic E-state index is 12.3. The molecule has 23 heavy (non-hydrogen) atoms. The largest absolute Gasteiger partial charge is 0.480 e. The zero-order chi connectivity index (χ0) is 16.2. The van der Waals surface area contributed by atoms with Crippen LogP contribution in [0.2, 0.25) is 0 Å². The van der Waals surface area contributed by atoms with Crippen LogP contribution in [0.3, 0.4) is 0 Å². The van der Waals surface area contributed by atoms with E-state index in [1.54, 1.807) is 0 Å². The van der Waals surface area contributed by atoms with Crippen molar-refractivity contribution in [3.05, 3.63) is 71.3 Å². The molecule has 1 atom stereocenters. The van der Waals surface area contributed by atoms with Crippen LogP contribution in [0.15, 0.2) is 54.6 Å². The lowest BCUT2D eigenvalue weighted by atomic mass is 9.94. The Morgan fingerprint density at radius 1 is 1.04 bits per heavy atom. The van der Waals surface area contributed by atoms with Crippen molar-refractivity contribution in [3.63, 3.8) is 0 Å². The summed E-state index contributed by atoms with van der Waals surface area (Å²) in [4.78, 5) is 25.1. The summed E-state index contributed by atoms with van der Waals surface area (Å²) < 4.78 is 5.29. The van der Waals surface area contributed by atoms with E-state index < -0.39 is 18.1 Å². The molecular weight excluding hydrogens is 294 g/mol. The molecule has 2 aromatic carbocycles. The highest BCUT2D eigenvalue weighted by Crippen LogP contribution is 2.24. The molecule has 118 valence electrons. The van der Waals surface area contributed by atoms with Crippen LogP contribution in [0.4, 0.5) is 4.79 Å². The van der Waals surface area contributed by atoms with Crippen LogP contribution in [0.5, 0.6) is 0 Å². The van der Waals surface area contributed by atoms with Gasteiger partial charge in [-0.15, -0.1) is 0 Å². The molecule has 0 saturated heterocycles. The van der Waals surface area contributed by atoms with Crippen LogP contribution in [-0.4, -0.2) is 28.1 Å². The smallest absolute Gasteiger partial charge is 0.411 e. The second-order valence-electron chi connectivity index (χ2n) is 5.49. The number of carbonyl (C=O) groups excluding carboxylic acids is 1. The number of hydrogen-bond donors (Lipinski definition) is 1. The lowest BCUT2D eigenvalue weighted by molar-refractivity contribution is -0.143. The van der Waals surface area contributed by atoms with Crippen molar-refractivity contribution in [2.45, 2.75) is 25.6 Å². The van der Waals surface area contributed by atoms with Gasteiger partial charge in [-0.2, -0.15) is 0 Å². The van der Waals surface area contributed by atoms with Gasteiger partial charge in [0.2, 0.25) is 0 Å². The zero-order valence-electron chi connectivity index (χ0n) is 12.5. The second kappa shape index (κ2) is 6.52. The molecule has 0 saturated carbocycles. The monoisotopic (exact) mass is 311 g/mol. The van der Waals surface area contributed by atoms with Gasteiger partial charge in [0.15, 0.2) is 0 Å². The predicted molar refractivity (Wildman–Crippen MR) is 83.7 cm³/mol. The second-order valence-corrected chi connectivity index (χ2v) is 5.49. The third kappa shape index (κ3) is 3.34. The number of carbonyl (C=O) groups is 2. The van der Waals surface area contributed by atoms with E-state index in [9.17, 15) is 14.7 Å². The minimum Gasteiger partial charge on any atom is -0.480 e. The maximum absolute atomic E-state index is 12.3. The van der Waals surface area contributed by atoms with Crippen LogP contribution in [0.25, 0.3) is 0 Å². The normalized spacial score (nSPS) is 16.5. The molecule has 1 amide bonds. The van der Waals surface area contributed by atoms with E-state index in [1.165, 1.54) is 4.90 Å². The molecule has 2 aromatic rings. The van der Waals surface area contributed by atoms with E-state index in [2.05, 4.69) is 0 Å². The van der Waals surface area contributed by atoms with Crippen LogP contribution < -0.4 is 0 Å². The van der Waals surface area contributed by atoms with Crippen molar-refractivity contribution in [2.24, 2.45) is 0 Å². The van der Waals surface area contributed by atoms with Crippen LogP contribution in [0.1, 0.15) is 16.7 Å². The summed E-state index contributed by atoms with van der Waals surface area (Å²) >= 11 is 0. The number of hydrogen-bond acceptors (Lipinski definition) is 3. The molecule has 0 spiro atoms. The lowest BCUT2D eigenvalue weighted by Gasteiger charge is -2.33. The molecule has 0 bridgehead atoms. The summed E-state index contributed by atoms with van der Waals surface area (Å²) in [5.74, 6) is -1.02. The van der Waals surface area contributed by atoms with Crippen molar-refractivity contribution in [3.8, 4) is 0 Å². The average molecular weight is 311 g/mol. The molecule has 1 aliphatic heterocycles. The van der Waals surface area contributed by atoms with Gasteiger partial charge in [-0.05, 0) is 16.7 Å². The highest BCUT2D eigenvalue weighted by molar-refractivity contribution is 5.81. The van der Waals surface area contributed by atoms with Crippen molar-refractivity contribution in [1.29, 1.82) is 0 Å². The fourth-order valence-corrected chi connectivity index (χ4v) is 2.74. The number of carboxylic acids is 1. The molecule has 1 unspecified atom stereocenters. The summed E-state index contributed by atoms with van der Waals surface area (Å²) in [5.41, 5.74) is 2.79. The summed E-state index contributed by atoms with van der Waals surface area (Å²) in [6.45, 7) is 0.380. The summed E-state index contributed by atoms with van der Waals surface area (Å²) in [6.07, 6.45) is -0.304. The van der Waals surface area contributed by atoms with E-state index in [0.717, 1.165) is 16.7 Å². The standard InChI is InChI=1S/C18H17NO4/c20-17(21)16-10-14-8-4-5-9-15(14)11-19(16)18(22)23-12-13-6-2-1-3-7-13/h1-9,16H,10-12H2,(H,20,21). The number of carboxylic acid groups (broad SMARTS) is 1.